The van der Waals surface area contributed by atoms with Crippen LogP contribution in [0.3, 0.4) is 0 Å². The van der Waals surface area contributed by atoms with Crippen molar-refractivity contribution in [2.75, 3.05) is 32.0 Å². The number of benzene rings is 1. The van der Waals surface area contributed by atoms with E-state index in [-0.39, 0.29) is 25.0 Å². The van der Waals surface area contributed by atoms with Gasteiger partial charge in [-0.3, -0.25) is 4.79 Å². The molecule has 92 valence electrons. The first-order valence-corrected chi connectivity index (χ1v) is 5.56. The van der Waals surface area contributed by atoms with Crippen LogP contribution in [-0.4, -0.2) is 42.2 Å². The SMILES string of the molecule is Nc1ccccc1OCC(=O)N1CC(CO)C1. The molecule has 0 saturated carbocycles. The van der Waals surface area contributed by atoms with Gasteiger partial charge in [0.1, 0.15) is 5.75 Å². The quantitative estimate of drug-likeness (QED) is 0.727. The molecule has 17 heavy (non-hydrogen) atoms. The lowest BCUT2D eigenvalue weighted by Crippen LogP contribution is -2.52. The zero-order chi connectivity index (χ0) is 12.3. The van der Waals surface area contributed by atoms with Crippen molar-refractivity contribution in [2.45, 2.75) is 0 Å². The molecular formula is C12H16N2O3. The number of rotatable bonds is 4. The number of hydrogen-bond acceptors (Lipinski definition) is 4. The summed E-state index contributed by atoms with van der Waals surface area (Å²) in [5.74, 6) is 0.679. The van der Waals surface area contributed by atoms with Crippen LogP contribution in [0.1, 0.15) is 0 Å². The van der Waals surface area contributed by atoms with Gasteiger partial charge in [-0.05, 0) is 12.1 Å². The zero-order valence-corrected chi connectivity index (χ0v) is 9.50. The Labute approximate surface area is 99.8 Å². The lowest BCUT2D eigenvalue weighted by atomic mass is 10.0. The zero-order valence-electron chi connectivity index (χ0n) is 9.50. The minimum Gasteiger partial charge on any atom is -0.482 e. The number of aliphatic hydroxyl groups is 1. The van der Waals surface area contributed by atoms with Crippen LogP contribution >= 0.6 is 0 Å². The standard InChI is InChI=1S/C12H16N2O3/c13-10-3-1-2-4-11(10)17-8-12(16)14-5-9(6-14)7-15/h1-4,9,15H,5-8,13H2. The molecule has 1 aliphatic heterocycles. The molecule has 1 heterocycles. The average Bonchev–Trinajstić information content (AvgIpc) is 2.26. The van der Waals surface area contributed by atoms with Crippen molar-refractivity contribution in [1.29, 1.82) is 0 Å². The Morgan fingerprint density at radius 3 is 2.82 bits per heavy atom. The minimum absolute atomic E-state index is 0.00758. The van der Waals surface area contributed by atoms with Gasteiger partial charge in [-0.1, -0.05) is 12.1 Å². The second-order valence-corrected chi connectivity index (χ2v) is 4.17. The van der Waals surface area contributed by atoms with Gasteiger partial charge in [0, 0.05) is 25.6 Å². The Bertz CT molecular complexity index is 402. The van der Waals surface area contributed by atoms with Gasteiger partial charge < -0.3 is 20.5 Å². The van der Waals surface area contributed by atoms with Crippen molar-refractivity contribution in [2.24, 2.45) is 5.92 Å². The molecule has 1 aliphatic rings. The summed E-state index contributed by atoms with van der Waals surface area (Å²) in [7, 11) is 0. The van der Waals surface area contributed by atoms with Crippen LogP contribution in [0.15, 0.2) is 24.3 Å². The van der Waals surface area contributed by atoms with Gasteiger partial charge >= 0.3 is 0 Å². The molecule has 2 rings (SSSR count). The lowest BCUT2D eigenvalue weighted by molar-refractivity contribution is -0.140. The van der Waals surface area contributed by atoms with Crippen LogP contribution in [0.4, 0.5) is 5.69 Å². The summed E-state index contributed by atoms with van der Waals surface area (Å²) in [6.45, 7) is 1.36. The third kappa shape index (κ3) is 2.68. The normalized spacial score (nSPS) is 15.5. The van der Waals surface area contributed by atoms with Crippen molar-refractivity contribution in [3.8, 4) is 5.75 Å². The summed E-state index contributed by atoms with van der Waals surface area (Å²) in [5.41, 5.74) is 6.22. The largest absolute Gasteiger partial charge is 0.482 e. The molecule has 0 radical (unpaired) electrons. The van der Waals surface area contributed by atoms with E-state index in [4.69, 9.17) is 15.6 Å². The second-order valence-electron chi connectivity index (χ2n) is 4.17. The fourth-order valence-corrected chi connectivity index (χ4v) is 1.73. The molecular weight excluding hydrogens is 220 g/mol. The fourth-order valence-electron chi connectivity index (χ4n) is 1.73. The number of nitrogens with two attached hydrogens (primary N) is 1. The Morgan fingerprint density at radius 1 is 1.47 bits per heavy atom. The summed E-state index contributed by atoms with van der Waals surface area (Å²) in [6.07, 6.45) is 0. The predicted molar refractivity (Wildman–Crippen MR) is 63.5 cm³/mol. The van der Waals surface area contributed by atoms with E-state index in [1.54, 1.807) is 17.0 Å². The first kappa shape index (κ1) is 11.7. The van der Waals surface area contributed by atoms with Crippen molar-refractivity contribution >= 4 is 11.6 Å². The van der Waals surface area contributed by atoms with Crippen molar-refractivity contribution in [1.82, 2.24) is 4.90 Å². The number of ether oxygens (including phenoxy) is 1. The first-order chi connectivity index (χ1) is 8.20. The highest BCUT2D eigenvalue weighted by Crippen LogP contribution is 2.20. The predicted octanol–water partition coefficient (Wildman–Crippen LogP) is 0.0983. The minimum atomic E-state index is -0.0713. The van der Waals surface area contributed by atoms with Gasteiger partial charge in [0.05, 0.1) is 5.69 Å². The number of hydrogen-bond donors (Lipinski definition) is 2. The summed E-state index contributed by atoms with van der Waals surface area (Å²) < 4.78 is 5.35. The van der Waals surface area contributed by atoms with E-state index in [1.165, 1.54) is 0 Å². The summed E-state index contributed by atoms with van der Waals surface area (Å²) in [6, 6.07) is 7.08. The number of likely N-dealkylation sites (tertiary alicyclic amines) is 1. The first-order valence-electron chi connectivity index (χ1n) is 5.56. The number of nitrogens with zero attached hydrogens (tertiary/aromatic N) is 1. The lowest BCUT2D eigenvalue weighted by Gasteiger charge is -2.38. The summed E-state index contributed by atoms with van der Waals surface area (Å²) in [4.78, 5) is 13.3. The molecule has 0 atom stereocenters. The molecule has 5 nitrogen and oxygen atoms in total. The van der Waals surface area contributed by atoms with Gasteiger partial charge in [-0.25, -0.2) is 0 Å². The number of carbonyl (C=O) groups is 1. The molecule has 5 heteroatoms. The number of amides is 1. The van der Waals surface area contributed by atoms with E-state index in [1.807, 2.05) is 12.1 Å². The molecule has 0 aromatic heterocycles. The number of anilines is 1. The van der Waals surface area contributed by atoms with Crippen molar-refractivity contribution in [3.05, 3.63) is 24.3 Å². The van der Waals surface area contributed by atoms with E-state index >= 15 is 0 Å². The molecule has 3 N–H and O–H groups in total. The molecule has 1 aromatic rings. The molecule has 0 spiro atoms. The third-order valence-corrected chi connectivity index (χ3v) is 2.84. The molecule has 0 bridgehead atoms. The monoisotopic (exact) mass is 236 g/mol. The highest BCUT2D eigenvalue weighted by molar-refractivity contribution is 5.78. The molecule has 0 aliphatic carbocycles. The Hall–Kier alpha value is -1.75. The number of nitrogen functional groups attached to an aromatic ring is 1. The highest BCUT2D eigenvalue weighted by atomic mass is 16.5. The summed E-state index contributed by atoms with van der Waals surface area (Å²) in [5, 5.41) is 8.84. The van der Waals surface area contributed by atoms with Crippen LogP contribution in [0.25, 0.3) is 0 Å². The van der Waals surface area contributed by atoms with Crippen LogP contribution in [-0.2, 0) is 4.79 Å². The molecule has 0 unspecified atom stereocenters. The van der Waals surface area contributed by atoms with Crippen LogP contribution in [0.2, 0.25) is 0 Å². The van der Waals surface area contributed by atoms with Crippen molar-refractivity contribution in [3.63, 3.8) is 0 Å². The molecule has 1 fully saturated rings. The van der Waals surface area contributed by atoms with E-state index in [9.17, 15) is 4.79 Å². The van der Waals surface area contributed by atoms with Gasteiger partial charge in [0.2, 0.25) is 0 Å². The Kier molecular flexibility index (Phi) is 3.49. The van der Waals surface area contributed by atoms with Gasteiger partial charge in [-0.2, -0.15) is 0 Å². The molecule has 1 aromatic carbocycles. The van der Waals surface area contributed by atoms with Gasteiger partial charge in [-0.15, -0.1) is 0 Å². The average molecular weight is 236 g/mol. The number of aliphatic hydroxyl groups excluding tert-OH is 1. The second kappa shape index (κ2) is 5.05. The summed E-state index contributed by atoms with van der Waals surface area (Å²) >= 11 is 0. The third-order valence-electron chi connectivity index (χ3n) is 2.84. The van der Waals surface area contributed by atoms with Crippen molar-refractivity contribution < 1.29 is 14.6 Å². The molecule has 1 saturated heterocycles. The Balaban J connectivity index is 1.79. The van der Waals surface area contributed by atoms with E-state index in [0.717, 1.165) is 0 Å². The van der Waals surface area contributed by atoms with Crippen LogP contribution in [0.5, 0.6) is 5.75 Å². The van der Waals surface area contributed by atoms with Gasteiger partial charge in [0.25, 0.3) is 5.91 Å². The van der Waals surface area contributed by atoms with E-state index in [0.29, 0.717) is 24.5 Å². The van der Waals surface area contributed by atoms with Gasteiger partial charge in [0.15, 0.2) is 6.61 Å². The van der Waals surface area contributed by atoms with Crippen LogP contribution in [0, 0.1) is 5.92 Å². The maximum absolute atomic E-state index is 11.6. The maximum Gasteiger partial charge on any atom is 0.260 e. The van der Waals surface area contributed by atoms with E-state index in [2.05, 4.69) is 0 Å². The number of carbonyl (C=O) groups excluding carboxylic acids is 1. The number of para-hydroxylation sites is 2. The Morgan fingerprint density at radius 2 is 2.18 bits per heavy atom. The fraction of sp³-hybridized carbons (Fsp3) is 0.417. The molecule has 1 amide bonds. The van der Waals surface area contributed by atoms with Crippen LogP contribution < -0.4 is 10.5 Å². The highest BCUT2D eigenvalue weighted by Gasteiger charge is 2.29. The smallest absolute Gasteiger partial charge is 0.260 e. The van der Waals surface area contributed by atoms with E-state index < -0.39 is 0 Å². The maximum atomic E-state index is 11.6. The topological polar surface area (TPSA) is 75.8 Å².